The molecular formula is C19H28N4O5. The number of rotatable bonds is 5. The Hall–Kier alpha value is -2.07. The van der Waals surface area contributed by atoms with Gasteiger partial charge in [0.05, 0.1) is 57.6 Å². The summed E-state index contributed by atoms with van der Waals surface area (Å²) in [7, 11) is 0. The topological polar surface area (TPSA) is 95.5 Å². The van der Waals surface area contributed by atoms with Crippen LogP contribution >= 0.6 is 0 Å². The van der Waals surface area contributed by atoms with Crippen LogP contribution in [0.15, 0.2) is 18.2 Å². The van der Waals surface area contributed by atoms with E-state index in [1.165, 1.54) is 0 Å². The van der Waals surface area contributed by atoms with E-state index in [9.17, 15) is 9.90 Å². The lowest BCUT2D eigenvalue weighted by Gasteiger charge is -2.36. The zero-order valence-corrected chi connectivity index (χ0v) is 16.0. The van der Waals surface area contributed by atoms with E-state index in [1.54, 1.807) is 0 Å². The van der Waals surface area contributed by atoms with Crippen LogP contribution in [0.2, 0.25) is 0 Å². The SMILES string of the molecule is O=C(NCC1(O)COC1)Nc1ccc(N2CCOCC2)cc1N1CCOCC1. The van der Waals surface area contributed by atoms with Crippen molar-refractivity contribution in [1.82, 2.24) is 5.32 Å². The Kier molecular flexibility index (Phi) is 5.86. The van der Waals surface area contributed by atoms with Crippen LogP contribution in [0.3, 0.4) is 0 Å². The van der Waals surface area contributed by atoms with Gasteiger partial charge in [0.15, 0.2) is 0 Å². The number of nitrogens with zero attached hydrogens (tertiary/aromatic N) is 2. The van der Waals surface area contributed by atoms with E-state index in [2.05, 4.69) is 26.5 Å². The van der Waals surface area contributed by atoms with Gasteiger partial charge in [-0.05, 0) is 18.2 Å². The number of urea groups is 1. The van der Waals surface area contributed by atoms with Gasteiger partial charge in [0, 0.05) is 31.9 Å². The molecule has 3 N–H and O–H groups in total. The number of benzene rings is 1. The maximum Gasteiger partial charge on any atom is 0.319 e. The second kappa shape index (κ2) is 8.52. The average Bonchev–Trinajstić information content (AvgIpc) is 2.72. The summed E-state index contributed by atoms with van der Waals surface area (Å²) in [6.07, 6.45) is 0. The molecule has 1 aromatic carbocycles. The molecule has 9 nitrogen and oxygen atoms in total. The fourth-order valence-corrected chi connectivity index (χ4v) is 3.56. The highest BCUT2D eigenvalue weighted by Crippen LogP contribution is 2.32. The summed E-state index contributed by atoms with van der Waals surface area (Å²) in [5, 5.41) is 15.7. The molecule has 0 atom stereocenters. The minimum atomic E-state index is -0.954. The van der Waals surface area contributed by atoms with E-state index in [1.807, 2.05) is 12.1 Å². The molecule has 3 fully saturated rings. The van der Waals surface area contributed by atoms with Gasteiger partial charge < -0.3 is 39.8 Å². The highest BCUT2D eigenvalue weighted by atomic mass is 16.5. The third-order valence-corrected chi connectivity index (χ3v) is 5.28. The summed E-state index contributed by atoms with van der Waals surface area (Å²) in [5.41, 5.74) is 1.89. The van der Waals surface area contributed by atoms with Gasteiger partial charge in [0.1, 0.15) is 5.60 Å². The molecule has 0 spiro atoms. The number of carbonyl (C=O) groups excluding carboxylic acids is 1. The van der Waals surface area contributed by atoms with Crippen molar-refractivity contribution in [3.63, 3.8) is 0 Å². The van der Waals surface area contributed by atoms with Crippen molar-refractivity contribution in [3.05, 3.63) is 18.2 Å². The number of amides is 2. The van der Waals surface area contributed by atoms with E-state index >= 15 is 0 Å². The van der Waals surface area contributed by atoms with Gasteiger partial charge in [0.2, 0.25) is 0 Å². The second-order valence-electron chi connectivity index (χ2n) is 7.43. The lowest BCUT2D eigenvalue weighted by molar-refractivity contribution is -0.173. The van der Waals surface area contributed by atoms with E-state index < -0.39 is 5.60 Å². The van der Waals surface area contributed by atoms with Crippen molar-refractivity contribution in [1.29, 1.82) is 0 Å². The number of carbonyl (C=O) groups is 1. The number of aliphatic hydroxyl groups is 1. The van der Waals surface area contributed by atoms with Gasteiger partial charge >= 0.3 is 6.03 Å². The van der Waals surface area contributed by atoms with Crippen molar-refractivity contribution < 1.29 is 24.1 Å². The predicted octanol–water partition coefficient (Wildman–Crippen LogP) is 0.243. The standard InChI is InChI=1S/C19H28N4O5/c24-18(20-12-19(25)13-28-14-19)21-16-2-1-15(22-3-7-26-8-4-22)11-17(16)23-5-9-27-10-6-23/h1-2,11,25H,3-10,12-14H2,(H2,20,21,24). The molecule has 154 valence electrons. The van der Waals surface area contributed by atoms with Crippen molar-refractivity contribution in [2.24, 2.45) is 0 Å². The largest absolute Gasteiger partial charge is 0.383 e. The Morgan fingerprint density at radius 3 is 2.25 bits per heavy atom. The van der Waals surface area contributed by atoms with Crippen molar-refractivity contribution >= 4 is 23.1 Å². The van der Waals surface area contributed by atoms with Gasteiger partial charge in [-0.1, -0.05) is 0 Å². The first kappa shape index (κ1) is 19.3. The monoisotopic (exact) mass is 392 g/mol. The van der Waals surface area contributed by atoms with E-state index in [0.717, 1.165) is 56.5 Å². The fourth-order valence-electron chi connectivity index (χ4n) is 3.56. The quantitative estimate of drug-likeness (QED) is 0.661. The highest BCUT2D eigenvalue weighted by molar-refractivity contribution is 5.94. The van der Waals surface area contributed by atoms with Crippen molar-refractivity contribution in [3.8, 4) is 0 Å². The van der Waals surface area contributed by atoms with E-state index in [0.29, 0.717) is 13.2 Å². The van der Waals surface area contributed by atoms with Crippen LogP contribution in [-0.2, 0) is 14.2 Å². The molecule has 2 amide bonds. The molecule has 0 bridgehead atoms. The molecule has 9 heteroatoms. The number of anilines is 3. The fraction of sp³-hybridized carbons (Fsp3) is 0.632. The maximum absolute atomic E-state index is 12.4. The highest BCUT2D eigenvalue weighted by Gasteiger charge is 2.36. The van der Waals surface area contributed by atoms with Gasteiger partial charge in [-0.15, -0.1) is 0 Å². The zero-order chi connectivity index (χ0) is 19.4. The Bertz CT molecular complexity index is 685. The molecule has 0 radical (unpaired) electrons. The smallest absolute Gasteiger partial charge is 0.319 e. The Morgan fingerprint density at radius 1 is 1.00 bits per heavy atom. The minimum absolute atomic E-state index is 0.164. The van der Waals surface area contributed by atoms with Crippen LogP contribution in [0, 0.1) is 0 Å². The van der Waals surface area contributed by atoms with Crippen LogP contribution in [0.4, 0.5) is 21.9 Å². The third-order valence-electron chi connectivity index (χ3n) is 5.28. The van der Waals surface area contributed by atoms with Gasteiger partial charge in [0.25, 0.3) is 0 Å². The van der Waals surface area contributed by atoms with Gasteiger partial charge in [-0.3, -0.25) is 0 Å². The van der Waals surface area contributed by atoms with Gasteiger partial charge in [-0.25, -0.2) is 4.79 Å². The number of nitrogens with one attached hydrogen (secondary N) is 2. The lowest BCUT2D eigenvalue weighted by Crippen LogP contribution is -2.57. The molecule has 0 aromatic heterocycles. The Morgan fingerprint density at radius 2 is 1.64 bits per heavy atom. The normalized spacial score (nSPS) is 21.8. The minimum Gasteiger partial charge on any atom is -0.383 e. The van der Waals surface area contributed by atoms with Crippen molar-refractivity contribution in [2.75, 3.05) is 87.5 Å². The van der Waals surface area contributed by atoms with E-state index in [-0.39, 0.29) is 25.8 Å². The molecule has 3 aliphatic rings. The summed E-state index contributed by atoms with van der Waals surface area (Å²) in [6.45, 7) is 6.72. The Labute approximate surface area is 164 Å². The summed E-state index contributed by atoms with van der Waals surface area (Å²) >= 11 is 0. The third kappa shape index (κ3) is 4.49. The number of ether oxygens (including phenoxy) is 3. The second-order valence-corrected chi connectivity index (χ2v) is 7.43. The first-order valence-corrected chi connectivity index (χ1v) is 9.77. The molecule has 1 aromatic rings. The first-order valence-electron chi connectivity index (χ1n) is 9.77. The molecule has 0 saturated carbocycles. The molecule has 3 heterocycles. The average molecular weight is 392 g/mol. The summed E-state index contributed by atoms with van der Waals surface area (Å²) in [5.74, 6) is 0. The number of hydrogen-bond donors (Lipinski definition) is 3. The maximum atomic E-state index is 12.4. The predicted molar refractivity (Wildman–Crippen MR) is 105 cm³/mol. The molecule has 0 unspecified atom stereocenters. The molecule has 28 heavy (non-hydrogen) atoms. The zero-order valence-electron chi connectivity index (χ0n) is 16.0. The van der Waals surface area contributed by atoms with Crippen molar-refractivity contribution in [2.45, 2.75) is 5.60 Å². The molecule has 3 saturated heterocycles. The van der Waals surface area contributed by atoms with Gasteiger partial charge in [-0.2, -0.15) is 0 Å². The molecule has 4 rings (SSSR count). The molecule has 3 aliphatic heterocycles. The summed E-state index contributed by atoms with van der Waals surface area (Å²) < 4.78 is 15.9. The molecular weight excluding hydrogens is 364 g/mol. The van der Waals surface area contributed by atoms with Crippen LogP contribution < -0.4 is 20.4 Å². The summed E-state index contributed by atoms with van der Waals surface area (Å²) in [6, 6.07) is 5.75. The van der Waals surface area contributed by atoms with Crippen LogP contribution in [0.1, 0.15) is 0 Å². The van der Waals surface area contributed by atoms with Crippen LogP contribution in [0.5, 0.6) is 0 Å². The molecule has 0 aliphatic carbocycles. The first-order chi connectivity index (χ1) is 13.6. The van der Waals surface area contributed by atoms with Crippen LogP contribution in [0.25, 0.3) is 0 Å². The van der Waals surface area contributed by atoms with E-state index in [4.69, 9.17) is 14.2 Å². The number of hydrogen-bond acceptors (Lipinski definition) is 7. The summed E-state index contributed by atoms with van der Waals surface area (Å²) in [4.78, 5) is 16.9. The van der Waals surface area contributed by atoms with Crippen LogP contribution in [-0.4, -0.2) is 89.1 Å². The lowest BCUT2D eigenvalue weighted by atomic mass is 10.0. The number of morpholine rings is 2. The Balaban J connectivity index is 1.48.